The first-order chi connectivity index (χ1) is 8.86. The van der Waals surface area contributed by atoms with Gasteiger partial charge in [-0.25, -0.2) is 0 Å². The van der Waals surface area contributed by atoms with E-state index in [2.05, 4.69) is 5.32 Å². The maximum absolute atomic E-state index is 12.5. The van der Waals surface area contributed by atoms with Gasteiger partial charge in [0.05, 0.1) is 6.54 Å². The van der Waals surface area contributed by atoms with E-state index in [9.17, 15) is 9.59 Å². The molecule has 1 aromatic heterocycles. The van der Waals surface area contributed by atoms with Crippen LogP contribution in [0.1, 0.15) is 37.6 Å². The van der Waals surface area contributed by atoms with Crippen molar-refractivity contribution in [3.63, 3.8) is 0 Å². The van der Waals surface area contributed by atoms with Crippen LogP contribution in [0.15, 0.2) is 11.4 Å². The van der Waals surface area contributed by atoms with E-state index in [0.29, 0.717) is 13.0 Å². The number of carbonyl (C=O) groups is 2. The molecule has 104 valence electrons. The van der Waals surface area contributed by atoms with Gasteiger partial charge >= 0.3 is 0 Å². The summed E-state index contributed by atoms with van der Waals surface area (Å²) in [6, 6.07) is 1.68. The van der Waals surface area contributed by atoms with E-state index in [1.807, 2.05) is 25.3 Å². The molecule has 1 atom stereocenters. The summed E-state index contributed by atoms with van der Waals surface area (Å²) >= 11 is 1.63. The quantitative estimate of drug-likeness (QED) is 0.921. The van der Waals surface area contributed by atoms with Crippen molar-refractivity contribution in [3.8, 4) is 0 Å². The SMILES string of the molecule is CCC1C(=O)NC(C)(C)C(=O)N1Cc1sccc1C. The average Bonchev–Trinajstić information content (AvgIpc) is 2.71. The summed E-state index contributed by atoms with van der Waals surface area (Å²) in [7, 11) is 0. The predicted octanol–water partition coefficient (Wildman–Crippen LogP) is 2.07. The van der Waals surface area contributed by atoms with Crippen molar-refractivity contribution in [1.29, 1.82) is 0 Å². The summed E-state index contributed by atoms with van der Waals surface area (Å²) in [6.45, 7) is 8.01. The fourth-order valence-corrected chi connectivity index (χ4v) is 3.30. The van der Waals surface area contributed by atoms with Crippen LogP contribution in [0, 0.1) is 6.92 Å². The Hall–Kier alpha value is -1.36. The first kappa shape index (κ1) is 14.1. The van der Waals surface area contributed by atoms with Gasteiger partial charge in [0.2, 0.25) is 11.8 Å². The Balaban J connectivity index is 2.30. The van der Waals surface area contributed by atoms with Gasteiger partial charge in [-0.3, -0.25) is 9.59 Å². The van der Waals surface area contributed by atoms with Crippen molar-refractivity contribution in [2.24, 2.45) is 0 Å². The van der Waals surface area contributed by atoms with E-state index in [4.69, 9.17) is 0 Å². The molecule has 2 heterocycles. The Labute approximate surface area is 117 Å². The molecule has 2 amide bonds. The molecule has 5 heteroatoms. The highest BCUT2D eigenvalue weighted by Gasteiger charge is 2.44. The number of hydrogen-bond donors (Lipinski definition) is 1. The number of thiophene rings is 1. The zero-order valence-electron chi connectivity index (χ0n) is 11.8. The Morgan fingerprint density at radius 3 is 2.63 bits per heavy atom. The lowest BCUT2D eigenvalue weighted by atomic mass is 9.95. The number of aryl methyl sites for hydroxylation is 1. The summed E-state index contributed by atoms with van der Waals surface area (Å²) in [5, 5.41) is 4.82. The highest BCUT2D eigenvalue weighted by molar-refractivity contribution is 7.10. The lowest BCUT2D eigenvalue weighted by Gasteiger charge is -2.42. The van der Waals surface area contributed by atoms with Crippen LogP contribution in [0.4, 0.5) is 0 Å². The fourth-order valence-electron chi connectivity index (χ4n) is 2.40. The second-order valence-electron chi connectivity index (χ2n) is 5.50. The zero-order chi connectivity index (χ0) is 14.2. The first-order valence-electron chi connectivity index (χ1n) is 6.53. The van der Waals surface area contributed by atoms with Crippen LogP contribution < -0.4 is 5.32 Å². The molecule has 19 heavy (non-hydrogen) atoms. The number of rotatable bonds is 3. The minimum atomic E-state index is -0.812. The minimum absolute atomic E-state index is 0.00764. The smallest absolute Gasteiger partial charge is 0.248 e. The third kappa shape index (κ3) is 2.52. The summed E-state index contributed by atoms with van der Waals surface area (Å²) < 4.78 is 0. The molecule has 2 rings (SSSR count). The van der Waals surface area contributed by atoms with Gasteiger partial charge in [-0.1, -0.05) is 6.92 Å². The third-order valence-corrected chi connectivity index (χ3v) is 4.59. The molecule has 1 aliphatic heterocycles. The van der Waals surface area contributed by atoms with Crippen LogP contribution in [0.2, 0.25) is 0 Å². The monoisotopic (exact) mass is 280 g/mol. The summed E-state index contributed by atoms with van der Waals surface area (Å²) in [6.07, 6.45) is 0.637. The van der Waals surface area contributed by atoms with Gasteiger partial charge in [-0.15, -0.1) is 11.3 Å². The van der Waals surface area contributed by atoms with E-state index in [0.717, 1.165) is 4.88 Å². The molecule has 0 spiro atoms. The molecule has 1 fully saturated rings. The molecule has 0 radical (unpaired) electrons. The van der Waals surface area contributed by atoms with Crippen molar-refractivity contribution in [3.05, 3.63) is 21.9 Å². The Morgan fingerprint density at radius 1 is 1.42 bits per heavy atom. The Kier molecular flexibility index (Phi) is 3.67. The molecule has 0 aliphatic carbocycles. The fraction of sp³-hybridized carbons (Fsp3) is 0.571. The number of carbonyl (C=O) groups excluding carboxylic acids is 2. The standard InChI is InChI=1S/C14H20N2O2S/c1-5-10-12(17)15-14(3,4)13(18)16(10)8-11-9(2)6-7-19-11/h6-7,10H,5,8H2,1-4H3,(H,15,17). The van der Waals surface area contributed by atoms with Gasteiger partial charge in [0, 0.05) is 4.88 Å². The van der Waals surface area contributed by atoms with Crippen LogP contribution >= 0.6 is 11.3 Å². The average molecular weight is 280 g/mol. The van der Waals surface area contributed by atoms with E-state index >= 15 is 0 Å². The molecule has 0 aromatic carbocycles. The van der Waals surface area contributed by atoms with Gasteiger partial charge in [0.1, 0.15) is 11.6 Å². The molecule has 1 saturated heterocycles. The predicted molar refractivity (Wildman–Crippen MR) is 75.9 cm³/mol. The van der Waals surface area contributed by atoms with Crippen molar-refractivity contribution >= 4 is 23.2 Å². The molecule has 1 unspecified atom stereocenters. The van der Waals surface area contributed by atoms with Crippen LogP contribution in [0.25, 0.3) is 0 Å². The number of hydrogen-bond acceptors (Lipinski definition) is 3. The molecule has 1 aromatic rings. The lowest BCUT2D eigenvalue weighted by molar-refractivity contribution is -0.154. The van der Waals surface area contributed by atoms with E-state index in [-0.39, 0.29) is 17.9 Å². The second-order valence-corrected chi connectivity index (χ2v) is 6.50. The number of nitrogens with one attached hydrogen (secondary N) is 1. The summed E-state index contributed by atoms with van der Waals surface area (Å²) in [5.74, 6) is -0.0620. The van der Waals surface area contributed by atoms with Gasteiger partial charge < -0.3 is 10.2 Å². The summed E-state index contributed by atoms with van der Waals surface area (Å²) in [5.41, 5.74) is 0.366. The van der Waals surface area contributed by atoms with Crippen molar-refractivity contribution in [2.45, 2.75) is 52.2 Å². The van der Waals surface area contributed by atoms with Crippen LogP contribution in [-0.2, 0) is 16.1 Å². The lowest BCUT2D eigenvalue weighted by Crippen LogP contribution is -2.67. The van der Waals surface area contributed by atoms with Crippen LogP contribution in [-0.4, -0.2) is 28.3 Å². The van der Waals surface area contributed by atoms with Gasteiger partial charge in [-0.2, -0.15) is 0 Å². The number of piperazine rings is 1. The normalized spacial score (nSPS) is 22.5. The van der Waals surface area contributed by atoms with E-state index in [1.165, 1.54) is 5.56 Å². The molecule has 4 nitrogen and oxygen atoms in total. The maximum Gasteiger partial charge on any atom is 0.248 e. The van der Waals surface area contributed by atoms with Crippen LogP contribution in [0.5, 0.6) is 0 Å². The highest BCUT2D eigenvalue weighted by Crippen LogP contribution is 2.25. The third-order valence-electron chi connectivity index (χ3n) is 3.58. The highest BCUT2D eigenvalue weighted by atomic mass is 32.1. The second kappa shape index (κ2) is 4.96. The van der Waals surface area contributed by atoms with Gasteiger partial charge in [0.25, 0.3) is 0 Å². The number of nitrogens with zero attached hydrogens (tertiary/aromatic N) is 1. The Bertz CT molecular complexity index is 507. The van der Waals surface area contributed by atoms with Gasteiger partial charge in [-0.05, 0) is 44.2 Å². The van der Waals surface area contributed by atoms with Crippen molar-refractivity contribution in [2.75, 3.05) is 0 Å². The first-order valence-corrected chi connectivity index (χ1v) is 7.41. The molecule has 0 saturated carbocycles. The van der Waals surface area contributed by atoms with Crippen molar-refractivity contribution < 1.29 is 9.59 Å². The van der Waals surface area contributed by atoms with Gasteiger partial charge in [0.15, 0.2) is 0 Å². The topological polar surface area (TPSA) is 49.4 Å². The van der Waals surface area contributed by atoms with Crippen LogP contribution in [0.3, 0.4) is 0 Å². The molecule has 1 N–H and O–H groups in total. The zero-order valence-corrected chi connectivity index (χ0v) is 12.6. The largest absolute Gasteiger partial charge is 0.340 e. The summed E-state index contributed by atoms with van der Waals surface area (Å²) in [4.78, 5) is 27.5. The van der Waals surface area contributed by atoms with E-state index < -0.39 is 5.54 Å². The Morgan fingerprint density at radius 2 is 2.11 bits per heavy atom. The minimum Gasteiger partial charge on any atom is -0.340 e. The molecular formula is C14H20N2O2S. The maximum atomic E-state index is 12.5. The molecular weight excluding hydrogens is 260 g/mol. The number of amides is 2. The molecule has 1 aliphatic rings. The molecule has 0 bridgehead atoms. The van der Waals surface area contributed by atoms with Crippen molar-refractivity contribution in [1.82, 2.24) is 10.2 Å². The van der Waals surface area contributed by atoms with E-state index in [1.54, 1.807) is 30.1 Å².